The summed E-state index contributed by atoms with van der Waals surface area (Å²) in [4.78, 5) is 23.7. The molecule has 202 valence electrons. The van der Waals surface area contributed by atoms with Crippen molar-refractivity contribution < 1.29 is 23.8 Å². The van der Waals surface area contributed by atoms with Crippen LogP contribution >= 0.6 is 0 Å². The molecular formula is C26H58N2O5. The lowest BCUT2D eigenvalue weighted by Crippen LogP contribution is -2.34. The Morgan fingerprint density at radius 1 is 0.879 bits per heavy atom. The molecule has 2 N–H and O–H groups in total. The molecule has 0 radical (unpaired) electrons. The molecule has 0 heterocycles. The van der Waals surface area contributed by atoms with E-state index in [-0.39, 0.29) is 12.3 Å². The van der Waals surface area contributed by atoms with E-state index in [2.05, 4.69) is 62.3 Å². The molecule has 0 atom stereocenters. The fourth-order valence-corrected chi connectivity index (χ4v) is 1.52. The van der Waals surface area contributed by atoms with Crippen molar-refractivity contribution in [3.63, 3.8) is 0 Å². The minimum Gasteiger partial charge on any atom is -0.378 e. The Bertz CT molecular complexity index is 377. The van der Waals surface area contributed by atoms with Gasteiger partial charge in [0.05, 0.1) is 52.7 Å². The monoisotopic (exact) mass is 478 g/mol. The molecule has 0 spiro atoms. The molecular weight excluding hydrogens is 420 g/mol. The maximum atomic E-state index is 11.3. The third kappa shape index (κ3) is 65.2. The predicted octanol–water partition coefficient (Wildman–Crippen LogP) is 4.61. The molecule has 0 aromatic heterocycles. The molecule has 7 nitrogen and oxygen atoms in total. The number of nitrogens with two attached hydrogens (primary N) is 1. The van der Waals surface area contributed by atoms with Crippen molar-refractivity contribution >= 4 is 12.1 Å². The van der Waals surface area contributed by atoms with Crippen LogP contribution in [-0.2, 0) is 23.8 Å². The summed E-state index contributed by atoms with van der Waals surface area (Å²) >= 11 is 0. The number of Topliss-reactive ketones (excluding diaryl/α,β-unsaturated/α-hetero) is 1. The molecule has 0 aliphatic carbocycles. The van der Waals surface area contributed by atoms with Crippen molar-refractivity contribution in [3.8, 4) is 0 Å². The van der Waals surface area contributed by atoms with E-state index in [1.807, 2.05) is 6.92 Å². The van der Waals surface area contributed by atoms with Gasteiger partial charge in [-0.15, -0.1) is 0 Å². The third-order valence-corrected chi connectivity index (χ3v) is 2.69. The van der Waals surface area contributed by atoms with E-state index >= 15 is 0 Å². The van der Waals surface area contributed by atoms with E-state index in [4.69, 9.17) is 19.9 Å². The van der Waals surface area contributed by atoms with E-state index < -0.39 is 0 Å². The van der Waals surface area contributed by atoms with Crippen molar-refractivity contribution in [2.75, 3.05) is 65.8 Å². The van der Waals surface area contributed by atoms with Gasteiger partial charge in [0.25, 0.3) is 0 Å². The quantitative estimate of drug-likeness (QED) is 0.256. The van der Waals surface area contributed by atoms with Crippen LogP contribution < -0.4 is 5.73 Å². The lowest BCUT2D eigenvalue weighted by molar-refractivity contribution is -0.120. The zero-order valence-electron chi connectivity index (χ0n) is 23.7. The minimum absolute atomic E-state index is 0.123. The van der Waals surface area contributed by atoms with Gasteiger partial charge in [-0.1, -0.05) is 75.7 Å². The fraction of sp³-hybridized carbons (Fsp3) is 0.923. The summed E-state index contributed by atoms with van der Waals surface area (Å²) < 4.78 is 15.9. The fourth-order valence-electron chi connectivity index (χ4n) is 1.52. The van der Waals surface area contributed by atoms with Crippen LogP contribution in [0.25, 0.3) is 0 Å². The minimum atomic E-state index is 0.123. The zero-order valence-corrected chi connectivity index (χ0v) is 23.7. The van der Waals surface area contributed by atoms with Crippen LogP contribution in [0, 0.1) is 11.3 Å². The second-order valence-corrected chi connectivity index (χ2v) is 9.86. The van der Waals surface area contributed by atoms with Crippen LogP contribution in [0.2, 0.25) is 0 Å². The smallest absolute Gasteiger partial charge is 0.146 e. The summed E-state index contributed by atoms with van der Waals surface area (Å²) in [6.07, 6.45) is 2.53. The maximum Gasteiger partial charge on any atom is 0.146 e. The van der Waals surface area contributed by atoms with E-state index in [1.54, 1.807) is 4.90 Å². The van der Waals surface area contributed by atoms with Crippen molar-refractivity contribution in [3.05, 3.63) is 0 Å². The second-order valence-electron chi connectivity index (χ2n) is 9.86. The zero-order chi connectivity index (χ0) is 26.5. The summed E-state index contributed by atoms with van der Waals surface area (Å²) in [5.74, 6) is 0.956. The Kier molecular flexibility index (Phi) is 37.1. The van der Waals surface area contributed by atoms with Gasteiger partial charge in [0.2, 0.25) is 0 Å². The average molecular weight is 479 g/mol. The van der Waals surface area contributed by atoms with E-state index in [1.165, 1.54) is 6.42 Å². The first-order chi connectivity index (χ1) is 15.4. The standard InChI is InChI=1S/C14H28N2O5.C5H12.C4H10.C3H8/c1-2-14(18)13-16(4-6-17)5-8-20-10-12-21-11-9-19-7-3-15;1-5(2,3)4;1-4(2)3;1-3-2/h6H,2-5,7-13,15H2,1H3;1-4H3;4H,1-3H3;3H2,1-2H3. The number of hydrogen-bond acceptors (Lipinski definition) is 7. The summed E-state index contributed by atoms with van der Waals surface area (Å²) in [5, 5.41) is 0. The van der Waals surface area contributed by atoms with Gasteiger partial charge in [-0.05, 0) is 11.3 Å². The number of aldehydes is 1. The molecule has 0 bridgehead atoms. The molecule has 0 unspecified atom stereocenters. The summed E-state index contributed by atoms with van der Waals surface area (Å²) in [7, 11) is 0. The number of ether oxygens (including phenoxy) is 3. The van der Waals surface area contributed by atoms with Crippen LogP contribution in [-0.4, -0.2) is 82.8 Å². The topological polar surface area (TPSA) is 91.1 Å². The van der Waals surface area contributed by atoms with Gasteiger partial charge >= 0.3 is 0 Å². The number of carbonyl (C=O) groups is 2. The van der Waals surface area contributed by atoms with Crippen LogP contribution in [0.5, 0.6) is 0 Å². The molecule has 0 amide bonds. The summed E-state index contributed by atoms with van der Waals surface area (Å²) in [6.45, 7) is 26.0. The highest BCUT2D eigenvalue weighted by Gasteiger charge is 2.08. The molecule has 0 saturated heterocycles. The molecule has 0 fully saturated rings. The van der Waals surface area contributed by atoms with Crippen molar-refractivity contribution in [1.82, 2.24) is 4.90 Å². The summed E-state index contributed by atoms with van der Waals surface area (Å²) in [6, 6.07) is 0. The second kappa shape index (κ2) is 31.1. The predicted molar refractivity (Wildman–Crippen MR) is 141 cm³/mol. The molecule has 0 aromatic carbocycles. The van der Waals surface area contributed by atoms with Gasteiger partial charge in [-0.25, -0.2) is 0 Å². The number of rotatable bonds is 16. The van der Waals surface area contributed by atoms with Crippen molar-refractivity contribution in [1.29, 1.82) is 0 Å². The van der Waals surface area contributed by atoms with Gasteiger partial charge in [-0.2, -0.15) is 0 Å². The lowest BCUT2D eigenvalue weighted by atomic mass is 10.0. The molecule has 7 heteroatoms. The Morgan fingerprint density at radius 2 is 1.24 bits per heavy atom. The number of hydrogen-bond donors (Lipinski definition) is 1. The molecule has 0 rings (SSSR count). The van der Waals surface area contributed by atoms with Gasteiger partial charge in [-0.3, -0.25) is 9.69 Å². The molecule has 0 aliphatic rings. The first kappa shape index (κ1) is 39.4. The SMILES string of the molecule is CC(C)(C)C.CC(C)C.CCC.CCC(=O)CN(CC=O)CCOCCOCCOCCN. The normalized spacial score (nSPS) is 10.5. The number of nitrogens with zero attached hydrogens (tertiary/aromatic N) is 1. The summed E-state index contributed by atoms with van der Waals surface area (Å²) in [5.41, 5.74) is 5.78. The Hall–Kier alpha value is -0.860. The Morgan fingerprint density at radius 3 is 1.58 bits per heavy atom. The van der Waals surface area contributed by atoms with Crippen LogP contribution in [0.3, 0.4) is 0 Å². The van der Waals surface area contributed by atoms with Crippen LogP contribution in [0.15, 0.2) is 0 Å². The van der Waals surface area contributed by atoms with Gasteiger partial charge in [0, 0.05) is 19.5 Å². The van der Waals surface area contributed by atoms with Gasteiger partial charge in [0.1, 0.15) is 12.1 Å². The van der Waals surface area contributed by atoms with Crippen molar-refractivity contribution in [2.45, 2.75) is 82.1 Å². The Balaban J connectivity index is -0.000000287. The lowest BCUT2D eigenvalue weighted by Gasteiger charge is -2.18. The Labute approximate surface area is 206 Å². The van der Waals surface area contributed by atoms with Crippen molar-refractivity contribution in [2.24, 2.45) is 17.1 Å². The van der Waals surface area contributed by atoms with Gasteiger partial charge in [0.15, 0.2) is 0 Å². The molecule has 0 aliphatic heterocycles. The highest BCUT2D eigenvalue weighted by Crippen LogP contribution is 2.08. The van der Waals surface area contributed by atoms with E-state index in [9.17, 15) is 9.59 Å². The average Bonchev–Trinajstić information content (AvgIpc) is 2.68. The molecule has 0 aromatic rings. The van der Waals surface area contributed by atoms with Gasteiger partial charge < -0.3 is 24.7 Å². The first-order valence-corrected chi connectivity index (χ1v) is 12.5. The van der Waals surface area contributed by atoms with E-state index in [0.29, 0.717) is 71.1 Å². The first-order valence-electron chi connectivity index (χ1n) is 12.5. The van der Waals surface area contributed by atoms with Crippen LogP contribution in [0.4, 0.5) is 0 Å². The van der Waals surface area contributed by atoms with E-state index in [0.717, 1.165) is 12.2 Å². The molecule has 0 saturated carbocycles. The largest absolute Gasteiger partial charge is 0.378 e. The third-order valence-electron chi connectivity index (χ3n) is 2.69. The highest BCUT2D eigenvalue weighted by atomic mass is 16.5. The highest BCUT2D eigenvalue weighted by molar-refractivity contribution is 5.80. The molecule has 33 heavy (non-hydrogen) atoms. The maximum absolute atomic E-state index is 11.3. The van der Waals surface area contributed by atoms with Crippen LogP contribution in [0.1, 0.15) is 82.1 Å². The number of carbonyl (C=O) groups excluding carboxylic acids is 2. The number of ketones is 1.